The Balaban J connectivity index is 2.75. The first kappa shape index (κ1) is 16.0. The summed E-state index contributed by atoms with van der Waals surface area (Å²) in [7, 11) is 0. The van der Waals surface area contributed by atoms with Gasteiger partial charge in [0.05, 0.1) is 0 Å². The Labute approximate surface area is 120 Å². The number of benzene rings is 1. The molecular formula is C17H23FS. The molecule has 0 radical (unpaired) electrons. The van der Waals surface area contributed by atoms with Crippen molar-refractivity contribution >= 4 is 11.8 Å². The van der Waals surface area contributed by atoms with Crippen molar-refractivity contribution in [1.82, 2.24) is 0 Å². The fourth-order valence-corrected chi connectivity index (χ4v) is 2.36. The molecule has 2 heteroatoms. The number of halogens is 1. The molecule has 0 aliphatic heterocycles. The molecule has 0 heterocycles. The number of thioether (sulfide) groups is 1. The Bertz CT molecular complexity index is 481. The first-order valence-corrected chi connectivity index (χ1v) is 7.42. The highest BCUT2D eigenvalue weighted by molar-refractivity contribution is 8.03. The summed E-state index contributed by atoms with van der Waals surface area (Å²) >= 11 is 1.72. The second-order valence-corrected chi connectivity index (χ2v) is 6.81. The fraction of sp³-hybridized carbons (Fsp3) is 0.412. The minimum atomic E-state index is -1.28. The van der Waals surface area contributed by atoms with Crippen LogP contribution in [0.5, 0.6) is 0 Å². The normalized spacial score (nSPS) is 11.4. The molecule has 0 amide bonds. The van der Waals surface area contributed by atoms with Crippen molar-refractivity contribution in [2.75, 3.05) is 5.75 Å². The van der Waals surface area contributed by atoms with Gasteiger partial charge >= 0.3 is 0 Å². The van der Waals surface area contributed by atoms with Gasteiger partial charge in [-0.3, -0.25) is 0 Å². The minimum absolute atomic E-state index is 0.732. The molecule has 19 heavy (non-hydrogen) atoms. The first-order chi connectivity index (χ1) is 8.70. The summed E-state index contributed by atoms with van der Waals surface area (Å²) in [5.41, 5.74) is 2.97. The van der Waals surface area contributed by atoms with Crippen molar-refractivity contribution in [3.63, 3.8) is 0 Å². The van der Waals surface area contributed by atoms with Gasteiger partial charge in [-0.2, -0.15) is 0 Å². The Morgan fingerprint density at radius 1 is 1.32 bits per heavy atom. The number of alkyl halides is 1. The van der Waals surface area contributed by atoms with Crippen LogP contribution in [-0.4, -0.2) is 5.75 Å². The maximum Gasteiger partial charge on any atom is 0.130 e. The highest BCUT2D eigenvalue weighted by Gasteiger charge is 2.19. The van der Waals surface area contributed by atoms with E-state index in [1.165, 1.54) is 11.1 Å². The molecule has 0 N–H and O–H groups in total. The van der Waals surface area contributed by atoms with Crippen LogP contribution in [0.2, 0.25) is 0 Å². The molecule has 1 aromatic rings. The number of rotatable bonds is 6. The van der Waals surface area contributed by atoms with E-state index >= 15 is 0 Å². The highest BCUT2D eigenvalue weighted by atomic mass is 32.2. The molecule has 0 saturated heterocycles. The SMILES string of the molecule is C=C(CSC(=C)C)Cc1ccc(C(C)(C)F)cc1C. The zero-order valence-corrected chi connectivity index (χ0v) is 13.2. The van der Waals surface area contributed by atoms with Gasteiger partial charge in [-0.05, 0) is 55.7 Å². The topological polar surface area (TPSA) is 0 Å². The van der Waals surface area contributed by atoms with Crippen LogP contribution in [0.15, 0.2) is 41.8 Å². The standard InChI is InChI=1S/C17H23FS/c1-12(2)19-11-13(3)9-15-7-8-16(10-14(15)4)17(5,6)18/h7-8,10H,1,3,9,11H2,2,4-6H3. The minimum Gasteiger partial charge on any atom is -0.239 e. The zero-order valence-electron chi connectivity index (χ0n) is 12.3. The molecule has 0 saturated carbocycles. The molecule has 0 nitrogen and oxygen atoms in total. The summed E-state index contributed by atoms with van der Waals surface area (Å²) in [4.78, 5) is 1.10. The summed E-state index contributed by atoms with van der Waals surface area (Å²) in [5, 5.41) is 0. The van der Waals surface area contributed by atoms with Gasteiger partial charge in [0.15, 0.2) is 0 Å². The number of hydrogen-bond donors (Lipinski definition) is 0. The van der Waals surface area contributed by atoms with E-state index in [0.29, 0.717) is 0 Å². The predicted molar refractivity (Wildman–Crippen MR) is 85.4 cm³/mol. The Morgan fingerprint density at radius 3 is 2.42 bits per heavy atom. The van der Waals surface area contributed by atoms with E-state index in [1.807, 2.05) is 32.0 Å². The van der Waals surface area contributed by atoms with Crippen LogP contribution in [0.25, 0.3) is 0 Å². The molecule has 0 fully saturated rings. The lowest BCUT2D eigenvalue weighted by Crippen LogP contribution is -2.09. The van der Waals surface area contributed by atoms with Gasteiger partial charge in [-0.25, -0.2) is 4.39 Å². The molecule has 0 aromatic heterocycles. The third kappa shape index (κ3) is 5.23. The van der Waals surface area contributed by atoms with Crippen molar-refractivity contribution in [3.8, 4) is 0 Å². The molecule has 0 atom stereocenters. The van der Waals surface area contributed by atoms with Crippen LogP contribution in [0, 0.1) is 6.92 Å². The van der Waals surface area contributed by atoms with Gasteiger partial charge in [0.2, 0.25) is 0 Å². The lowest BCUT2D eigenvalue weighted by atomic mass is 9.94. The van der Waals surface area contributed by atoms with E-state index in [4.69, 9.17) is 0 Å². The van der Waals surface area contributed by atoms with Gasteiger partial charge in [-0.1, -0.05) is 36.9 Å². The van der Waals surface area contributed by atoms with Gasteiger partial charge in [0.1, 0.15) is 5.67 Å². The highest BCUT2D eigenvalue weighted by Crippen LogP contribution is 2.27. The molecule has 0 aliphatic carbocycles. The summed E-state index contributed by atoms with van der Waals surface area (Å²) in [6.07, 6.45) is 0.846. The van der Waals surface area contributed by atoms with Gasteiger partial charge < -0.3 is 0 Å². The maximum absolute atomic E-state index is 13.9. The van der Waals surface area contributed by atoms with Crippen molar-refractivity contribution in [3.05, 3.63) is 58.5 Å². The van der Waals surface area contributed by atoms with Crippen LogP contribution in [-0.2, 0) is 12.1 Å². The molecule has 0 bridgehead atoms. The van der Waals surface area contributed by atoms with Gasteiger partial charge in [0, 0.05) is 5.75 Å². The zero-order chi connectivity index (χ0) is 14.6. The van der Waals surface area contributed by atoms with Crippen LogP contribution in [0.3, 0.4) is 0 Å². The molecule has 0 unspecified atom stereocenters. The van der Waals surface area contributed by atoms with Gasteiger partial charge in [-0.15, -0.1) is 11.8 Å². The summed E-state index contributed by atoms with van der Waals surface area (Å²) in [5.74, 6) is 0.894. The quantitative estimate of drug-likeness (QED) is 0.613. The monoisotopic (exact) mass is 278 g/mol. The maximum atomic E-state index is 13.9. The smallest absolute Gasteiger partial charge is 0.130 e. The number of aryl methyl sites for hydroxylation is 1. The van der Waals surface area contributed by atoms with E-state index in [9.17, 15) is 4.39 Å². The molecule has 1 rings (SSSR count). The van der Waals surface area contributed by atoms with Crippen LogP contribution < -0.4 is 0 Å². The fourth-order valence-electron chi connectivity index (χ4n) is 1.81. The Morgan fingerprint density at radius 2 is 1.95 bits per heavy atom. The largest absolute Gasteiger partial charge is 0.239 e. The predicted octanol–water partition coefficient (Wildman–Crippen LogP) is 5.57. The van der Waals surface area contributed by atoms with E-state index in [0.717, 1.165) is 28.2 Å². The molecule has 0 spiro atoms. The average Bonchev–Trinajstić information content (AvgIpc) is 2.27. The van der Waals surface area contributed by atoms with E-state index < -0.39 is 5.67 Å². The number of allylic oxidation sites excluding steroid dienone is 1. The lowest BCUT2D eigenvalue weighted by Gasteiger charge is -2.17. The van der Waals surface area contributed by atoms with Crippen LogP contribution in [0.1, 0.15) is 37.5 Å². The number of hydrogen-bond acceptors (Lipinski definition) is 1. The second kappa shape index (κ2) is 6.42. The van der Waals surface area contributed by atoms with E-state index in [-0.39, 0.29) is 0 Å². The lowest BCUT2D eigenvalue weighted by molar-refractivity contribution is 0.221. The van der Waals surface area contributed by atoms with Crippen molar-refractivity contribution < 1.29 is 4.39 Å². The van der Waals surface area contributed by atoms with Crippen LogP contribution in [0.4, 0.5) is 4.39 Å². The van der Waals surface area contributed by atoms with Crippen molar-refractivity contribution in [2.45, 2.75) is 39.8 Å². The summed E-state index contributed by atoms with van der Waals surface area (Å²) in [6.45, 7) is 15.2. The van der Waals surface area contributed by atoms with E-state index in [1.54, 1.807) is 25.6 Å². The summed E-state index contributed by atoms with van der Waals surface area (Å²) < 4.78 is 13.9. The molecular weight excluding hydrogens is 255 g/mol. The second-order valence-electron chi connectivity index (χ2n) is 5.53. The molecule has 1 aromatic carbocycles. The summed E-state index contributed by atoms with van der Waals surface area (Å²) in [6, 6.07) is 5.83. The van der Waals surface area contributed by atoms with E-state index in [2.05, 4.69) is 13.2 Å². The average molecular weight is 278 g/mol. The Hall–Kier alpha value is -1.02. The third-order valence-corrected chi connectivity index (χ3v) is 4.04. The molecule has 0 aliphatic rings. The molecule has 104 valence electrons. The van der Waals surface area contributed by atoms with Crippen molar-refractivity contribution in [1.29, 1.82) is 0 Å². The first-order valence-electron chi connectivity index (χ1n) is 6.44. The van der Waals surface area contributed by atoms with Crippen LogP contribution >= 0.6 is 11.8 Å². The third-order valence-electron chi connectivity index (χ3n) is 2.99. The van der Waals surface area contributed by atoms with Crippen molar-refractivity contribution in [2.24, 2.45) is 0 Å². The Kier molecular flexibility index (Phi) is 5.42. The van der Waals surface area contributed by atoms with Gasteiger partial charge in [0.25, 0.3) is 0 Å².